The van der Waals surface area contributed by atoms with Crippen molar-refractivity contribution in [3.05, 3.63) is 156 Å². The third-order valence-electron chi connectivity index (χ3n) is 11.4. The standard InChI is InChI=1S/C47H28N4O/c1-47(2)37-15-7-3-11-29(37)33-21-34-35-22-36-32-14-6-10-18-45(32)52-46(36)24-42(35)51(41(34)23-38(33)47)44-20-28(26-49)27(25-48)19-43(44)50-39-16-8-4-12-30(39)31-13-5-9-17-40(31)50/h3-24H,1-2H3. The van der Waals surface area contributed by atoms with E-state index in [1.807, 2.05) is 36.4 Å². The molecular weight excluding hydrogens is 637 g/mol. The average Bonchev–Trinajstić information content (AvgIpc) is 3.88. The molecule has 0 atom stereocenters. The van der Waals surface area contributed by atoms with Gasteiger partial charge in [0, 0.05) is 43.8 Å². The normalized spacial score (nSPS) is 13.3. The van der Waals surface area contributed by atoms with Gasteiger partial charge in [-0.3, -0.25) is 0 Å². The first kappa shape index (κ1) is 28.7. The van der Waals surface area contributed by atoms with Gasteiger partial charge in [-0.15, -0.1) is 0 Å². The zero-order valence-electron chi connectivity index (χ0n) is 28.4. The smallest absolute Gasteiger partial charge is 0.137 e. The van der Waals surface area contributed by atoms with Crippen LogP contribution in [0.5, 0.6) is 0 Å². The minimum Gasteiger partial charge on any atom is -0.456 e. The van der Waals surface area contributed by atoms with E-state index in [1.165, 1.54) is 22.3 Å². The van der Waals surface area contributed by atoms with Gasteiger partial charge in [-0.25, -0.2) is 0 Å². The fourth-order valence-corrected chi connectivity index (χ4v) is 8.99. The third-order valence-corrected chi connectivity index (χ3v) is 11.4. The number of para-hydroxylation sites is 3. The summed E-state index contributed by atoms with van der Waals surface area (Å²) in [4.78, 5) is 0. The van der Waals surface area contributed by atoms with E-state index >= 15 is 0 Å². The van der Waals surface area contributed by atoms with Crippen molar-refractivity contribution in [3.8, 4) is 34.6 Å². The first-order valence-corrected chi connectivity index (χ1v) is 17.5. The molecule has 1 aliphatic carbocycles. The molecule has 10 aromatic rings. The zero-order chi connectivity index (χ0) is 34.9. The molecule has 5 nitrogen and oxygen atoms in total. The van der Waals surface area contributed by atoms with Crippen LogP contribution in [0.25, 0.3) is 88.1 Å². The van der Waals surface area contributed by atoms with Gasteiger partial charge in [0.15, 0.2) is 0 Å². The van der Waals surface area contributed by atoms with E-state index in [1.54, 1.807) is 0 Å². The molecule has 5 heteroatoms. The molecule has 1 aliphatic rings. The van der Waals surface area contributed by atoms with E-state index in [0.717, 1.165) is 76.9 Å². The summed E-state index contributed by atoms with van der Waals surface area (Å²) in [6.45, 7) is 4.60. The fourth-order valence-electron chi connectivity index (χ4n) is 8.99. The Morgan fingerprint density at radius 1 is 0.462 bits per heavy atom. The van der Waals surface area contributed by atoms with Gasteiger partial charge in [0.05, 0.1) is 44.6 Å². The van der Waals surface area contributed by atoms with Gasteiger partial charge >= 0.3 is 0 Å². The first-order valence-electron chi connectivity index (χ1n) is 17.5. The Bertz CT molecular complexity index is 3250. The summed E-state index contributed by atoms with van der Waals surface area (Å²) >= 11 is 0. The van der Waals surface area contributed by atoms with Crippen molar-refractivity contribution >= 4 is 65.6 Å². The molecule has 0 amide bonds. The van der Waals surface area contributed by atoms with Gasteiger partial charge in [0.25, 0.3) is 0 Å². The molecule has 0 spiro atoms. The van der Waals surface area contributed by atoms with E-state index in [9.17, 15) is 10.5 Å². The maximum absolute atomic E-state index is 10.4. The summed E-state index contributed by atoms with van der Waals surface area (Å²) in [6.07, 6.45) is 0. The van der Waals surface area contributed by atoms with Gasteiger partial charge < -0.3 is 13.6 Å². The van der Waals surface area contributed by atoms with Crippen LogP contribution in [0.15, 0.2) is 138 Å². The van der Waals surface area contributed by atoms with Crippen LogP contribution in [0.3, 0.4) is 0 Å². The number of hydrogen-bond acceptors (Lipinski definition) is 3. The van der Waals surface area contributed by atoms with Crippen LogP contribution in [-0.4, -0.2) is 9.13 Å². The maximum atomic E-state index is 10.4. The van der Waals surface area contributed by atoms with Crippen LogP contribution >= 0.6 is 0 Å². The van der Waals surface area contributed by atoms with Crippen molar-refractivity contribution in [1.82, 2.24) is 9.13 Å². The Balaban J connectivity index is 1.35. The number of nitriles is 2. The molecule has 0 saturated heterocycles. The summed E-state index contributed by atoms with van der Waals surface area (Å²) < 4.78 is 11.0. The van der Waals surface area contributed by atoms with E-state index in [0.29, 0.717) is 11.1 Å². The molecular formula is C47H28N4O. The number of nitrogens with zero attached hydrogens (tertiary/aromatic N) is 4. The molecule has 11 rings (SSSR count). The van der Waals surface area contributed by atoms with Crippen molar-refractivity contribution in [2.75, 3.05) is 0 Å². The molecule has 242 valence electrons. The summed E-state index contributed by atoms with van der Waals surface area (Å²) in [7, 11) is 0. The SMILES string of the molecule is CC1(C)c2ccccc2-c2cc3c4cc5c(cc4n(-c4cc(C#N)c(C#N)cc4-n4c6ccccc6c6ccccc64)c3cc21)oc1ccccc15. The highest BCUT2D eigenvalue weighted by molar-refractivity contribution is 6.19. The predicted molar refractivity (Wildman–Crippen MR) is 209 cm³/mol. The van der Waals surface area contributed by atoms with Gasteiger partial charge in [-0.1, -0.05) is 92.7 Å². The van der Waals surface area contributed by atoms with Crippen molar-refractivity contribution in [3.63, 3.8) is 0 Å². The van der Waals surface area contributed by atoms with E-state index in [4.69, 9.17) is 4.42 Å². The molecule has 0 N–H and O–H groups in total. The second kappa shape index (κ2) is 10.0. The minimum absolute atomic E-state index is 0.219. The number of furan rings is 1. The van der Waals surface area contributed by atoms with Crippen LogP contribution in [0.1, 0.15) is 36.1 Å². The van der Waals surface area contributed by atoms with E-state index in [2.05, 4.69) is 132 Å². The Labute approximate surface area is 298 Å². The lowest BCUT2D eigenvalue weighted by Gasteiger charge is -2.22. The molecule has 0 bridgehead atoms. The van der Waals surface area contributed by atoms with Gasteiger partial charge in [-0.2, -0.15) is 10.5 Å². The number of rotatable bonds is 2. The van der Waals surface area contributed by atoms with Crippen molar-refractivity contribution in [2.45, 2.75) is 19.3 Å². The second-order valence-electron chi connectivity index (χ2n) is 14.4. The van der Waals surface area contributed by atoms with E-state index < -0.39 is 0 Å². The summed E-state index contributed by atoms with van der Waals surface area (Å²) in [5, 5.41) is 27.4. The van der Waals surface area contributed by atoms with Crippen molar-refractivity contribution in [2.24, 2.45) is 0 Å². The van der Waals surface area contributed by atoms with Crippen molar-refractivity contribution in [1.29, 1.82) is 10.5 Å². The molecule has 52 heavy (non-hydrogen) atoms. The Kier molecular flexibility index (Phi) is 5.53. The van der Waals surface area contributed by atoms with Crippen molar-refractivity contribution < 1.29 is 4.42 Å². The quantitative estimate of drug-likeness (QED) is 0.185. The molecule has 3 aromatic heterocycles. The lowest BCUT2D eigenvalue weighted by atomic mass is 9.82. The maximum Gasteiger partial charge on any atom is 0.137 e. The number of benzene rings is 7. The van der Waals surface area contributed by atoms with Crippen LogP contribution in [-0.2, 0) is 5.41 Å². The monoisotopic (exact) mass is 664 g/mol. The number of fused-ring (bicyclic) bond motifs is 12. The summed E-state index contributed by atoms with van der Waals surface area (Å²) in [6, 6.07) is 51.2. The molecule has 0 aliphatic heterocycles. The average molecular weight is 665 g/mol. The van der Waals surface area contributed by atoms with E-state index in [-0.39, 0.29) is 5.41 Å². The molecule has 7 aromatic carbocycles. The number of hydrogen-bond donors (Lipinski definition) is 0. The van der Waals surface area contributed by atoms with Crippen LogP contribution in [0.4, 0.5) is 0 Å². The largest absolute Gasteiger partial charge is 0.456 e. The number of aromatic nitrogens is 2. The highest BCUT2D eigenvalue weighted by Gasteiger charge is 2.36. The van der Waals surface area contributed by atoms with Crippen LogP contribution < -0.4 is 0 Å². The third kappa shape index (κ3) is 3.59. The first-order chi connectivity index (χ1) is 25.5. The van der Waals surface area contributed by atoms with Crippen LogP contribution in [0.2, 0.25) is 0 Å². The lowest BCUT2D eigenvalue weighted by molar-refractivity contribution is 0.661. The highest BCUT2D eigenvalue weighted by Crippen LogP contribution is 2.52. The van der Waals surface area contributed by atoms with Gasteiger partial charge in [0.1, 0.15) is 23.3 Å². The van der Waals surface area contributed by atoms with Gasteiger partial charge in [0.2, 0.25) is 0 Å². The lowest BCUT2D eigenvalue weighted by Crippen LogP contribution is -2.15. The Morgan fingerprint density at radius 2 is 1.02 bits per heavy atom. The summed E-state index contributed by atoms with van der Waals surface area (Å²) in [5.74, 6) is 0. The zero-order valence-corrected chi connectivity index (χ0v) is 28.4. The second-order valence-corrected chi connectivity index (χ2v) is 14.4. The topological polar surface area (TPSA) is 70.6 Å². The predicted octanol–water partition coefficient (Wildman–Crippen LogP) is 11.8. The fraction of sp³-hybridized carbons (Fsp3) is 0.0638. The Hall–Kier alpha value is -7.08. The van der Waals surface area contributed by atoms with Crippen LogP contribution in [0, 0.1) is 22.7 Å². The molecule has 0 unspecified atom stereocenters. The summed E-state index contributed by atoms with van der Waals surface area (Å²) in [5.41, 5.74) is 12.8. The molecule has 0 saturated carbocycles. The minimum atomic E-state index is -0.219. The Morgan fingerprint density at radius 3 is 1.71 bits per heavy atom. The molecule has 0 radical (unpaired) electrons. The van der Waals surface area contributed by atoms with Gasteiger partial charge in [-0.05, 0) is 70.8 Å². The molecule has 3 heterocycles. The molecule has 0 fully saturated rings. The highest BCUT2D eigenvalue weighted by atomic mass is 16.3.